The van der Waals surface area contributed by atoms with Crippen LogP contribution in [0.5, 0.6) is 0 Å². The van der Waals surface area contributed by atoms with Crippen LogP contribution in [0.25, 0.3) is 0 Å². The normalized spacial score (nSPS) is 18.2. The molecule has 3 rings (SSSR count). The summed E-state index contributed by atoms with van der Waals surface area (Å²) in [7, 11) is 4.56. The molecule has 7 heteroatoms. The number of ether oxygens (including phenoxy) is 1. The Hall–Kier alpha value is -1.18. The SMILES string of the molecule is CC1CCCCC1.CNCCO.CO.COCCCCC(Cc1cccc(Cl)c1)C1CCCN(C=O)C1. The highest BCUT2D eigenvalue weighted by Gasteiger charge is 2.26. The highest BCUT2D eigenvalue weighted by Crippen LogP contribution is 2.31. The lowest BCUT2D eigenvalue weighted by molar-refractivity contribution is -0.120. The third kappa shape index (κ3) is 18.7. The van der Waals surface area contributed by atoms with Gasteiger partial charge in [-0.3, -0.25) is 4.79 Å². The zero-order chi connectivity index (χ0) is 27.7. The Labute approximate surface area is 232 Å². The largest absolute Gasteiger partial charge is 0.400 e. The summed E-state index contributed by atoms with van der Waals surface area (Å²) in [6, 6.07) is 8.18. The number of nitrogens with zero attached hydrogens (tertiary/aromatic N) is 1. The molecule has 1 aliphatic heterocycles. The van der Waals surface area contributed by atoms with E-state index in [-0.39, 0.29) is 6.61 Å². The van der Waals surface area contributed by atoms with Crippen molar-refractivity contribution < 1.29 is 19.7 Å². The molecular formula is C30H55ClN2O4. The standard InChI is InChI=1S/C19H28ClNO2.C7H14.C3H9NO.CH4O/c1-23-11-3-2-7-17(12-16-6-4-9-19(20)13-16)18-8-5-10-21(14-18)15-22;1-7-5-3-2-4-6-7;1-4-2-3-5;1-2/h4,6,9,13,15,17-18H,2-3,5,7-8,10-12,14H2,1H3;7H,2-6H2,1H3;4-5H,2-3H2,1H3;2H,1H3. The van der Waals surface area contributed by atoms with Gasteiger partial charge in [-0.25, -0.2) is 0 Å². The van der Waals surface area contributed by atoms with Crippen LogP contribution in [0.4, 0.5) is 0 Å². The summed E-state index contributed by atoms with van der Waals surface area (Å²) in [6.45, 7) is 5.93. The Bertz CT molecular complexity index is 642. The van der Waals surface area contributed by atoms with Crippen molar-refractivity contribution >= 4 is 18.0 Å². The molecule has 1 saturated heterocycles. The predicted molar refractivity (Wildman–Crippen MR) is 156 cm³/mol. The summed E-state index contributed by atoms with van der Waals surface area (Å²) >= 11 is 6.13. The summed E-state index contributed by atoms with van der Waals surface area (Å²) in [6.07, 6.45) is 15.3. The van der Waals surface area contributed by atoms with E-state index >= 15 is 0 Å². The van der Waals surface area contributed by atoms with Crippen molar-refractivity contribution in [2.45, 2.75) is 77.6 Å². The molecule has 3 N–H and O–H groups in total. The maximum Gasteiger partial charge on any atom is 0.209 e. The van der Waals surface area contributed by atoms with Crippen molar-refractivity contribution in [3.63, 3.8) is 0 Å². The van der Waals surface area contributed by atoms with Crippen molar-refractivity contribution in [1.82, 2.24) is 10.2 Å². The van der Waals surface area contributed by atoms with Crippen molar-refractivity contribution in [2.75, 3.05) is 54.1 Å². The molecule has 1 aromatic rings. The number of aliphatic hydroxyl groups is 2. The molecule has 1 amide bonds. The summed E-state index contributed by atoms with van der Waals surface area (Å²) in [5, 5.41) is 18.6. The first-order chi connectivity index (χ1) is 18.0. The van der Waals surface area contributed by atoms with Crippen LogP contribution in [0.2, 0.25) is 5.02 Å². The number of carbonyl (C=O) groups excluding carboxylic acids is 1. The average Bonchev–Trinajstić information content (AvgIpc) is 2.93. The second-order valence-electron chi connectivity index (χ2n) is 10.2. The van der Waals surface area contributed by atoms with E-state index in [2.05, 4.69) is 24.4 Å². The van der Waals surface area contributed by atoms with Gasteiger partial charge in [-0.05, 0) is 74.6 Å². The smallest absolute Gasteiger partial charge is 0.209 e. The van der Waals surface area contributed by atoms with Crippen LogP contribution in [0.3, 0.4) is 0 Å². The summed E-state index contributed by atoms with van der Waals surface area (Å²) in [4.78, 5) is 13.1. The number of unbranched alkanes of at least 4 members (excludes halogenated alkanes) is 1. The number of hydrogen-bond donors (Lipinski definition) is 3. The van der Waals surface area contributed by atoms with Crippen molar-refractivity contribution in [2.24, 2.45) is 17.8 Å². The Morgan fingerprint density at radius 1 is 1.16 bits per heavy atom. The summed E-state index contributed by atoms with van der Waals surface area (Å²) in [5.74, 6) is 2.23. The molecule has 0 radical (unpaired) electrons. The molecular weight excluding hydrogens is 488 g/mol. The second-order valence-corrected chi connectivity index (χ2v) is 10.6. The molecule has 2 fully saturated rings. The number of rotatable bonds is 11. The fourth-order valence-electron chi connectivity index (χ4n) is 5.06. The van der Waals surface area contributed by atoms with Crippen LogP contribution >= 0.6 is 11.6 Å². The fraction of sp³-hybridized carbons (Fsp3) is 0.767. The lowest BCUT2D eigenvalue weighted by atomic mass is 9.79. The molecule has 2 atom stereocenters. The van der Waals surface area contributed by atoms with E-state index in [1.807, 2.05) is 17.0 Å². The van der Waals surface area contributed by atoms with E-state index in [1.54, 1.807) is 14.2 Å². The molecule has 0 aromatic heterocycles. The third-order valence-corrected chi connectivity index (χ3v) is 7.36. The number of likely N-dealkylation sites (tertiary alicyclic amines) is 1. The van der Waals surface area contributed by atoms with Crippen LogP contribution in [0.15, 0.2) is 24.3 Å². The molecule has 0 bridgehead atoms. The molecule has 6 nitrogen and oxygen atoms in total. The topological polar surface area (TPSA) is 82.0 Å². The van der Waals surface area contributed by atoms with Gasteiger partial charge in [0, 0.05) is 45.5 Å². The van der Waals surface area contributed by atoms with E-state index < -0.39 is 0 Å². The predicted octanol–water partition coefficient (Wildman–Crippen LogP) is 5.58. The molecule has 1 aromatic carbocycles. The average molecular weight is 543 g/mol. The van der Waals surface area contributed by atoms with Crippen LogP contribution in [-0.4, -0.2) is 75.6 Å². The van der Waals surface area contributed by atoms with Crippen LogP contribution in [0.1, 0.15) is 76.7 Å². The molecule has 37 heavy (non-hydrogen) atoms. The van der Waals surface area contributed by atoms with Crippen molar-refractivity contribution in [3.05, 3.63) is 34.9 Å². The molecule has 1 saturated carbocycles. The van der Waals surface area contributed by atoms with Gasteiger partial charge in [-0.2, -0.15) is 0 Å². The van der Waals surface area contributed by atoms with Gasteiger partial charge in [-0.1, -0.05) is 69.2 Å². The van der Waals surface area contributed by atoms with E-state index in [4.69, 9.17) is 26.6 Å². The summed E-state index contributed by atoms with van der Waals surface area (Å²) in [5.41, 5.74) is 1.30. The molecule has 1 heterocycles. The van der Waals surface area contributed by atoms with Gasteiger partial charge in [-0.15, -0.1) is 0 Å². The first-order valence-corrected chi connectivity index (χ1v) is 14.5. The Morgan fingerprint density at radius 3 is 2.41 bits per heavy atom. The number of amides is 1. The van der Waals surface area contributed by atoms with Crippen LogP contribution < -0.4 is 5.32 Å². The number of carbonyl (C=O) groups is 1. The molecule has 2 unspecified atom stereocenters. The van der Waals surface area contributed by atoms with Gasteiger partial charge < -0.3 is 25.2 Å². The summed E-state index contributed by atoms with van der Waals surface area (Å²) < 4.78 is 5.17. The van der Waals surface area contributed by atoms with Crippen LogP contribution in [0, 0.1) is 17.8 Å². The lowest BCUT2D eigenvalue weighted by Gasteiger charge is -2.35. The number of hydrogen-bond acceptors (Lipinski definition) is 5. The zero-order valence-electron chi connectivity index (χ0n) is 24.0. The molecule has 0 spiro atoms. The maximum atomic E-state index is 11.1. The van der Waals surface area contributed by atoms with Gasteiger partial charge in [0.05, 0.1) is 6.61 Å². The fourth-order valence-corrected chi connectivity index (χ4v) is 5.28. The Balaban J connectivity index is 0.000000756. The molecule has 1 aliphatic carbocycles. The minimum atomic E-state index is 0.233. The number of methoxy groups -OCH3 is 1. The number of likely N-dealkylation sites (N-methyl/N-ethyl adjacent to an activating group) is 1. The first kappa shape index (κ1) is 35.8. The minimum absolute atomic E-state index is 0.233. The van der Waals surface area contributed by atoms with E-state index in [1.165, 1.54) is 56.9 Å². The van der Waals surface area contributed by atoms with Crippen molar-refractivity contribution in [1.29, 1.82) is 0 Å². The number of halogens is 1. The third-order valence-electron chi connectivity index (χ3n) is 7.12. The number of benzene rings is 1. The molecule has 2 aliphatic rings. The maximum absolute atomic E-state index is 11.1. The Kier molecular flexibility index (Phi) is 24.3. The van der Waals surface area contributed by atoms with E-state index in [9.17, 15) is 4.79 Å². The number of piperidine rings is 1. The van der Waals surface area contributed by atoms with Gasteiger partial charge in [0.15, 0.2) is 0 Å². The molecule has 216 valence electrons. The van der Waals surface area contributed by atoms with Gasteiger partial charge in [0.2, 0.25) is 6.41 Å². The van der Waals surface area contributed by atoms with Gasteiger partial charge in [0.25, 0.3) is 0 Å². The monoisotopic (exact) mass is 542 g/mol. The minimum Gasteiger partial charge on any atom is -0.400 e. The highest BCUT2D eigenvalue weighted by atomic mass is 35.5. The van der Waals surface area contributed by atoms with Crippen LogP contribution in [-0.2, 0) is 16.0 Å². The quantitative estimate of drug-likeness (QED) is 0.251. The highest BCUT2D eigenvalue weighted by molar-refractivity contribution is 6.30. The van der Waals surface area contributed by atoms with E-state index in [0.717, 1.165) is 63.4 Å². The van der Waals surface area contributed by atoms with Gasteiger partial charge in [0.1, 0.15) is 0 Å². The second kappa shape index (κ2) is 25.1. The van der Waals surface area contributed by atoms with Gasteiger partial charge >= 0.3 is 0 Å². The number of aliphatic hydroxyl groups excluding tert-OH is 2. The first-order valence-electron chi connectivity index (χ1n) is 14.2. The zero-order valence-corrected chi connectivity index (χ0v) is 24.7. The van der Waals surface area contributed by atoms with E-state index in [0.29, 0.717) is 18.4 Å². The lowest BCUT2D eigenvalue weighted by Crippen LogP contribution is -2.38. The van der Waals surface area contributed by atoms with Crippen molar-refractivity contribution in [3.8, 4) is 0 Å². The number of nitrogens with one attached hydrogen (secondary N) is 1. The Morgan fingerprint density at radius 2 is 1.89 bits per heavy atom.